The van der Waals surface area contributed by atoms with Crippen molar-refractivity contribution in [2.75, 3.05) is 14.2 Å². The maximum atomic E-state index is 11.5. The second-order valence-electron chi connectivity index (χ2n) is 4.07. The quantitative estimate of drug-likeness (QED) is 0.704. The number of hydrogen-bond donors (Lipinski definition) is 1. The van der Waals surface area contributed by atoms with E-state index in [1.165, 1.54) is 0 Å². The van der Waals surface area contributed by atoms with Crippen LogP contribution >= 0.6 is 0 Å². The lowest BCUT2D eigenvalue weighted by molar-refractivity contribution is -0.132. The molecule has 1 fully saturated rings. The Morgan fingerprint density at radius 2 is 2.00 bits per heavy atom. The van der Waals surface area contributed by atoms with Gasteiger partial charge in [0.15, 0.2) is 0 Å². The maximum Gasteiger partial charge on any atom is 0.225 e. The SMILES string of the molecule is CNC(=O)C1(C)CCC(OC)CC1. The van der Waals surface area contributed by atoms with Crippen molar-refractivity contribution in [3.05, 3.63) is 0 Å². The largest absolute Gasteiger partial charge is 0.381 e. The zero-order valence-electron chi connectivity index (χ0n) is 8.72. The van der Waals surface area contributed by atoms with Gasteiger partial charge in [0.05, 0.1) is 6.10 Å². The number of hydrogen-bond acceptors (Lipinski definition) is 2. The molecule has 0 unspecified atom stereocenters. The van der Waals surface area contributed by atoms with Crippen LogP contribution in [0, 0.1) is 5.41 Å². The summed E-state index contributed by atoms with van der Waals surface area (Å²) in [4.78, 5) is 11.5. The third-order valence-electron chi connectivity index (χ3n) is 3.14. The molecule has 1 N–H and O–H groups in total. The molecule has 0 heterocycles. The van der Waals surface area contributed by atoms with E-state index in [0.29, 0.717) is 6.10 Å². The van der Waals surface area contributed by atoms with Crippen LogP contribution in [0.25, 0.3) is 0 Å². The van der Waals surface area contributed by atoms with Gasteiger partial charge in [-0.1, -0.05) is 6.92 Å². The number of rotatable bonds is 2. The second-order valence-corrected chi connectivity index (χ2v) is 4.07. The van der Waals surface area contributed by atoms with E-state index in [1.807, 2.05) is 6.92 Å². The average Bonchev–Trinajstić information content (AvgIpc) is 2.18. The number of carbonyl (C=O) groups excluding carboxylic acids is 1. The van der Waals surface area contributed by atoms with Gasteiger partial charge in [-0.2, -0.15) is 0 Å². The van der Waals surface area contributed by atoms with E-state index in [1.54, 1.807) is 14.2 Å². The van der Waals surface area contributed by atoms with E-state index >= 15 is 0 Å². The minimum absolute atomic E-state index is 0.163. The van der Waals surface area contributed by atoms with Gasteiger partial charge in [-0.3, -0.25) is 4.79 Å². The summed E-state index contributed by atoms with van der Waals surface area (Å²) in [6, 6.07) is 0. The predicted molar refractivity (Wildman–Crippen MR) is 51.4 cm³/mol. The fourth-order valence-electron chi connectivity index (χ4n) is 1.99. The summed E-state index contributed by atoms with van der Waals surface area (Å²) in [6.45, 7) is 2.04. The zero-order chi connectivity index (χ0) is 9.90. The van der Waals surface area contributed by atoms with Gasteiger partial charge < -0.3 is 10.1 Å². The third-order valence-corrected chi connectivity index (χ3v) is 3.14. The number of carbonyl (C=O) groups is 1. The Labute approximate surface area is 79.8 Å². The van der Waals surface area contributed by atoms with Gasteiger partial charge in [-0.25, -0.2) is 0 Å². The molecule has 1 saturated carbocycles. The number of methoxy groups -OCH3 is 1. The summed E-state index contributed by atoms with van der Waals surface area (Å²) in [5.74, 6) is 0.169. The number of nitrogens with one attached hydrogen (secondary N) is 1. The predicted octanol–water partition coefficient (Wildman–Crippen LogP) is 1.33. The maximum absolute atomic E-state index is 11.5. The summed E-state index contributed by atoms with van der Waals surface area (Å²) < 4.78 is 5.27. The minimum Gasteiger partial charge on any atom is -0.381 e. The van der Waals surface area contributed by atoms with Crippen molar-refractivity contribution >= 4 is 5.91 Å². The fraction of sp³-hybridized carbons (Fsp3) is 0.900. The third kappa shape index (κ3) is 2.21. The lowest BCUT2D eigenvalue weighted by atomic mass is 9.74. The molecule has 0 aromatic rings. The Kier molecular flexibility index (Phi) is 3.31. The number of ether oxygens (including phenoxy) is 1. The Balaban J connectivity index is 2.51. The number of amides is 1. The Morgan fingerprint density at radius 3 is 2.38 bits per heavy atom. The summed E-state index contributed by atoms with van der Waals surface area (Å²) in [5.41, 5.74) is -0.163. The Hall–Kier alpha value is -0.570. The molecule has 3 nitrogen and oxygen atoms in total. The van der Waals surface area contributed by atoms with E-state index in [9.17, 15) is 4.79 Å². The van der Waals surface area contributed by atoms with Gasteiger partial charge in [-0.15, -0.1) is 0 Å². The summed E-state index contributed by atoms with van der Waals surface area (Å²) in [5, 5.41) is 2.73. The first kappa shape index (κ1) is 10.5. The van der Waals surface area contributed by atoms with Gasteiger partial charge in [0.2, 0.25) is 5.91 Å². The van der Waals surface area contributed by atoms with Gasteiger partial charge >= 0.3 is 0 Å². The van der Waals surface area contributed by atoms with Gasteiger partial charge in [0.25, 0.3) is 0 Å². The topological polar surface area (TPSA) is 38.3 Å². The molecule has 0 aliphatic heterocycles. The van der Waals surface area contributed by atoms with Crippen LogP contribution in [0.4, 0.5) is 0 Å². The normalized spacial score (nSPS) is 34.2. The summed E-state index contributed by atoms with van der Waals surface area (Å²) in [7, 11) is 3.45. The van der Waals surface area contributed by atoms with E-state index in [-0.39, 0.29) is 11.3 Å². The van der Waals surface area contributed by atoms with Gasteiger partial charge in [0.1, 0.15) is 0 Å². The molecule has 1 aliphatic carbocycles. The molecule has 13 heavy (non-hydrogen) atoms. The fourth-order valence-corrected chi connectivity index (χ4v) is 1.99. The van der Waals surface area contributed by atoms with Crippen molar-refractivity contribution < 1.29 is 9.53 Å². The highest BCUT2D eigenvalue weighted by molar-refractivity contribution is 5.81. The van der Waals surface area contributed by atoms with Crippen LogP contribution in [0.3, 0.4) is 0 Å². The van der Waals surface area contributed by atoms with Crippen molar-refractivity contribution in [2.45, 2.75) is 38.7 Å². The van der Waals surface area contributed by atoms with Crippen molar-refractivity contribution in [3.8, 4) is 0 Å². The van der Waals surface area contributed by atoms with Crippen LogP contribution in [-0.2, 0) is 9.53 Å². The highest BCUT2D eigenvalue weighted by Gasteiger charge is 2.36. The average molecular weight is 185 g/mol. The summed E-state index contributed by atoms with van der Waals surface area (Å²) in [6.07, 6.45) is 4.23. The highest BCUT2D eigenvalue weighted by Crippen LogP contribution is 2.36. The van der Waals surface area contributed by atoms with Gasteiger partial charge in [-0.05, 0) is 25.7 Å². The van der Waals surface area contributed by atoms with E-state index < -0.39 is 0 Å². The van der Waals surface area contributed by atoms with E-state index in [2.05, 4.69) is 5.32 Å². The molecule has 0 bridgehead atoms. The standard InChI is InChI=1S/C10H19NO2/c1-10(9(12)11-2)6-4-8(13-3)5-7-10/h8H,4-7H2,1-3H3,(H,11,12). The van der Waals surface area contributed by atoms with E-state index in [4.69, 9.17) is 4.74 Å². The molecule has 0 atom stereocenters. The van der Waals surface area contributed by atoms with Crippen molar-refractivity contribution in [1.29, 1.82) is 0 Å². The molecular formula is C10H19NO2. The molecule has 0 aromatic heterocycles. The van der Waals surface area contributed by atoms with Crippen LogP contribution in [0.1, 0.15) is 32.6 Å². The monoisotopic (exact) mass is 185 g/mol. The van der Waals surface area contributed by atoms with E-state index in [0.717, 1.165) is 25.7 Å². The Bertz CT molecular complexity index is 183. The van der Waals surface area contributed by atoms with Crippen molar-refractivity contribution in [3.63, 3.8) is 0 Å². The summed E-state index contributed by atoms with van der Waals surface area (Å²) >= 11 is 0. The van der Waals surface area contributed by atoms with Crippen molar-refractivity contribution in [2.24, 2.45) is 5.41 Å². The molecule has 0 radical (unpaired) electrons. The molecular weight excluding hydrogens is 166 g/mol. The first-order valence-electron chi connectivity index (χ1n) is 4.87. The van der Waals surface area contributed by atoms with Crippen molar-refractivity contribution in [1.82, 2.24) is 5.32 Å². The molecule has 1 aliphatic rings. The Morgan fingerprint density at radius 1 is 1.46 bits per heavy atom. The molecule has 76 valence electrons. The molecule has 1 amide bonds. The first-order chi connectivity index (χ1) is 6.12. The minimum atomic E-state index is -0.163. The van der Waals surface area contributed by atoms with Crippen LogP contribution < -0.4 is 5.32 Å². The second kappa shape index (κ2) is 4.09. The molecule has 0 spiro atoms. The molecule has 0 saturated heterocycles. The van der Waals surface area contributed by atoms with Crippen LogP contribution in [0.15, 0.2) is 0 Å². The molecule has 3 heteroatoms. The molecule has 1 rings (SSSR count). The smallest absolute Gasteiger partial charge is 0.225 e. The van der Waals surface area contributed by atoms with Crippen LogP contribution in [0.5, 0.6) is 0 Å². The van der Waals surface area contributed by atoms with Crippen LogP contribution in [-0.4, -0.2) is 26.2 Å². The van der Waals surface area contributed by atoms with Crippen LogP contribution in [0.2, 0.25) is 0 Å². The zero-order valence-corrected chi connectivity index (χ0v) is 8.72. The molecule has 0 aromatic carbocycles. The van der Waals surface area contributed by atoms with Gasteiger partial charge in [0, 0.05) is 19.6 Å². The lowest BCUT2D eigenvalue weighted by Crippen LogP contribution is -2.40. The first-order valence-corrected chi connectivity index (χ1v) is 4.87. The highest BCUT2D eigenvalue weighted by atomic mass is 16.5. The lowest BCUT2D eigenvalue weighted by Gasteiger charge is -2.35.